The van der Waals surface area contributed by atoms with E-state index in [9.17, 15) is 17.6 Å². The van der Waals surface area contributed by atoms with Crippen LogP contribution in [0.3, 0.4) is 0 Å². The second-order valence-corrected chi connectivity index (χ2v) is 13.0. The summed E-state index contributed by atoms with van der Waals surface area (Å²) in [6, 6.07) is 12.9. The third kappa shape index (κ3) is 5.05. The highest BCUT2D eigenvalue weighted by atomic mass is 32.2. The number of nitrogens with one attached hydrogen (secondary N) is 1. The molecule has 3 aliphatic carbocycles. The molecule has 0 aliphatic heterocycles. The molecule has 6 rings (SSSR count). The fourth-order valence-corrected chi connectivity index (χ4v) is 7.81. The first-order chi connectivity index (χ1) is 18.7. The molecule has 204 valence electrons. The maximum atomic E-state index is 13.8. The molecule has 39 heavy (non-hydrogen) atoms. The number of carbonyl (C=O) groups excluding carboxylic acids is 1. The molecular weight excluding hydrogens is 515 g/mol. The Morgan fingerprint density at radius 2 is 1.79 bits per heavy atom. The molecule has 0 unspecified atom stereocenters. The van der Waals surface area contributed by atoms with Crippen molar-refractivity contribution < 1.29 is 17.6 Å². The van der Waals surface area contributed by atoms with Crippen molar-refractivity contribution in [2.45, 2.75) is 56.8 Å². The molecule has 3 aliphatic rings. The number of hydrogen-bond acceptors (Lipinski definition) is 4. The van der Waals surface area contributed by atoms with Crippen LogP contribution in [0, 0.1) is 17.7 Å². The van der Waals surface area contributed by atoms with E-state index in [4.69, 9.17) is 0 Å². The minimum absolute atomic E-state index is 0.146. The van der Waals surface area contributed by atoms with Crippen LogP contribution in [0.25, 0.3) is 5.69 Å². The molecule has 1 saturated carbocycles. The average Bonchev–Trinajstić information content (AvgIpc) is 3.48. The minimum Gasteiger partial charge on any atom is -0.326 e. The van der Waals surface area contributed by atoms with Crippen molar-refractivity contribution in [1.29, 1.82) is 0 Å². The Balaban J connectivity index is 1.25. The average molecular weight is 549 g/mol. The number of amides is 1. The Morgan fingerprint density at radius 3 is 2.46 bits per heavy atom. The molecule has 2 atom stereocenters. The number of rotatable bonds is 8. The SMILES string of the molecule is CC(=O)Nc1ccc(S(=O)(=O)N(CC2CC2)C[C@@H]2CCC3=C2[C@@H](C)c2cnn(-c4ccc(F)cc4)c2C3)cc1. The molecule has 3 aromatic rings. The van der Waals surface area contributed by atoms with Crippen LogP contribution >= 0.6 is 0 Å². The molecule has 0 bridgehead atoms. The van der Waals surface area contributed by atoms with E-state index in [1.54, 1.807) is 40.7 Å². The highest BCUT2D eigenvalue weighted by molar-refractivity contribution is 7.89. The topological polar surface area (TPSA) is 84.3 Å². The number of nitrogens with zero attached hydrogens (tertiary/aromatic N) is 3. The van der Waals surface area contributed by atoms with E-state index in [-0.39, 0.29) is 28.5 Å². The Morgan fingerprint density at radius 1 is 1.08 bits per heavy atom. The number of fused-ring (bicyclic) bond motifs is 1. The first kappa shape index (κ1) is 26.0. The fraction of sp³-hybridized carbons (Fsp3) is 0.400. The van der Waals surface area contributed by atoms with Gasteiger partial charge >= 0.3 is 0 Å². The molecule has 0 spiro atoms. The van der Waals surface area contributed by atoms with Gasteiger partial charge in [-0.05, 0) is 86.1 Å². The lowest BCUT2D eigenvalue weighted by molar-refractivity contribution is -0.114. The van der Waals surface area contributed by atoms with Crippen molar-refractivity contribution in [3.8, 4) is 5.69 Å². The molecular formula is C30H33FN4O3S. The van der Waals surface area contributed by atoms with Crippen LogP contribution in [0.15, 0.2) is 70.8 Å². The van der Waals surface area contributed by atoms with Gasteiger partial charge in [0.05, 0.1) is 22.5 Å². The standard InChI is InChI=1S/C30H33FN4O3S/c1-19-28-16-32-35(26-11-7-24(31)8-12-26)29(28)15-22-5-6-23(30(19)22)18-34(17-21-3-4-21)39(37,38)27-13-9-25(10-14-27)33-20(2)36/h7-14,16,19,21,23H,3-6,15,17-18H2,1-2H3,(H,33,36)/t19-,23-/m0/s1. The minimum atomic E-state index is -3.69. The molecule has 1 heterocycles. The van der Waals surface area contributed by atoms with Crippen LogP contribution in [0.5, 0.6) is 0 Å². The molecule has 1 N–H and O–H groups in total. The summed E-state index contributed by atoms with van der Waals surface area (Å²) in [7, 11) is -3.69. The normalized spacial score (nSPS) is 20.7. The van der Waals surface area contributed by atoms with Crippen molar-refractivity contribution >= 4 is 21.6 Å². The van der Waals surface area contributed by atoms with Crippen LogP contribution in [0.2, 0.25) is 0 Å². The molecule has 1 fully saturated rings. The van der Waals surface area contributed by atoms with Crippen molar-refractivity contribution in [2.24, 2.45) is 11.8 Å². The van der Waals surface area contributed by atoms with Gasteiger partial charge in [0.25, 0.3) is 0 Å². The third-order valence-electron chi connectivity index (χ3n) is 8.32. The predicted molar refractivity (Wildman–Crippen MR) is 148 cm³/mol. The number of halogens is 1. The molecule has 1 aromatic heterocycles. The summed E-state index contributed by atoms with van der Waals surface area (Å²) in [6.45, 7) is 4.63. The van der Waals surface area contributed by atoms with E-state index in [0.29, 0.717) is 24.7 Å². The molecule has 1 amide bonds. The van der Waals surface area contributed by atoms with Crippen molar-refractivity contribution in [2.75, 3.05) is 18.4 Å². The van der Waals surface area contributed by atoms with Crippen LogP contribution in [0.4, 0.5) is 10.1 Å². The van der Waals surface area contributed by atoms with E-state index < -0.39 is 10.0 Å². The van der Waals surface area contributed by atoms with E-state index in [0.717, 1.165) is 49.0 Å². The monoisotopic (exact) mass is 548 g/mol. The van der Waals surface area contributed by atoms with Crippen molar-refractivity contribution in [3.63, 3.8) is 0 Å². The molecule has 0 saturated heterocycles. The number of allylic oxidation sites excluding steroid dienone is 1. The first-order valence-electron chi connectivity index (χ1n) is 13.6. The first-order valence-corrected chi connectivity index (χ1v) is 15.1. The number of anilines is 1. The van der Waals surface area contributed by atoms with Gasteiger partial charge in [0.15, 0.2) is 0 Å². The summed E-state index contributed by atoms with van der Waals surface area (Å²) in [6.07, 6.45) is 6.70. The quantitative estimate of drug-likeness (QED) is 0.380. The summed E-state index contributed by atoms with van der Waals surface area (Å²) in [4.78, 5) is 11.6. The zero-order chi connectivity index (χ0) is 27.3. The smallest absolute Gasteiger partial charge is 0.243 e. The fourth-order valence-electron chi connectivity index (χ4n) is 6.24. The Hall–Kier alpha value is -3.30. The molecule has 2 aromatic carbocycles. The third-order valence-corrected chi connectivity index (χ3v) is 10.2. The van der Waals surface area contributed by atoms with Crippen LogP contribution in [-0.4, -0.2) is 41.5 Å². The molecule has 7 nitrogen and oxygen atoms in total. The summed E-state index contributed by atoms with van der Waals surface area (Å²) >= 11 is 0. The van der Waals surface area contributed by atoms with Gasteiger partial charge in [0, 0.05) is 43.6 Å². The van der Waals surface area contributed by atoms with Gasteiger partial charge in [-0.3, -0.25) is 4.79 Å². The van der Waals surface area contributed by atoms with Crippen molar-refractivity contribution in [1.82, 2.24) is 14.1 Å². The van der Waals surface area contributed by atoms with Gasteiger partial charge in [-0.25, -0.2) is 17.5 Å². The number of hydrogen-bond donors (Lipinski definition) is 1. The van der Waals surface area contributed by atoms with Gasteiger partial charge in [-0.2, -0.15) is 9.40 Å². The van der Waals surface area contributed by atoms with Gasteiger partial charge in [-0.1, -0.05) is 18.1 Å². The Bertz CT molecular complexity index is 1540. The number of aromatic nitrogens is 2. The van der Waals surface area contributed by atoms with Crippen LogP contribution < -0.4 is 5.32 Å². The van der Waals surface area contributed by atoms with Crippen LogP contribution in [0.1, 0.15) is 56.7 Å². The predicted octanol–water partition coefficient (Wildman–Crippen LogP) is 5.44. The highest BCUT2D eigenvalue weighted by Crippen LogP contribution is 2.48. The lowest BCUT2D eigenvalue weighted by atomic mass is 9.80. The molecule has 9 heteroatoms. The second-order valence-electron chi connectivity index (χ2n) is 11.1. The van der Waals surface area contributed by atoms with Gasteiger partial charge in [-0.15, -0.1) is 0 Å². The van der Waals surface area contributed by atoms with Gasteiger partial charge in [0.1, 0.15) is 5.82 Å². The zero-order valence-electron chi connectivity index (χ0n) is 22.2. The Labute approximate surface area is 228 Å². The maximum Gasteiger partial charge on any atom is 0.243 e. The Kier molecular flexibility index (Phi) is 6.67. The highest BCUT2D eigenvalue weighted by Gasteiger charge is 2.40. The van der Waals surface area contributed by atoms with Gasteiger partial charge < -0.3 is 5.32 Å². The van der Waals surface area contributed by atoms with Crippen LogP contribution in [-0.2, 0) is 21.2 Å². The lowest BCUT2D eigenvalue weighted by Crippen LogP contribution is -2.37. The van der Waals surface area contributed by atoms with E-state index in [2.05, 4.69) is 17.3 Å². The van der Waals surface area contributed by atoms with E-state index in [1.165, 1.54) is 30.2 Å². The summed E-state index contributed by atoms with van der Waals surface area (Å²) in [5, 5.41) is 7.34. The largest absolute Gasteiger partial charge is 0.326 e. The lowest BCUT2D eigenvalue weighted by Gasteiger charge is -2.31. The number of carbonyl (C=O) groups is 1. The summed E-state index contributed by atoms with van der Waals surface area (Å²) < 4.78 is 44.7. The number of benzene rings is 2. The summed E-state index contributed by atoms with van der Waals surface area (Å²) in [5.74, 6) is 0.250. The van der Waals surface area contributed by atoms with E-state index in [1.807, 2.05) is 10.9 Å². The maximum absolute atomic E-state index is 13.8. The molecule has 0 radical (unpaired) electrons. The second kappa shape index (κ2) is 10.0. The van der Waals surface area contributed by atoms with E-state index >= 15 is 0 Å². The summed E-state index contributed by atoms with van der Waals surface area (Å²) in [5.41, 5.74) is 6.46. The zero-order valence-corrected chi connectivity index (χ0v) is 23.0. The number of sulfonamides is 1. The van der Waals surface area contributed by atoms with Crippen molar-refractivity contribution in [3.05, 3.63) is 82.9 Å². The van der Waals surface area contributed by atoms with Gasteiger partial charge in [0.2, 0.25) is 15.9 Å².